The van der Waals surface area contributed by atoms with E-state index in [0.717, 1.165) is 27.7 Å². The van der Waals surface area contributed by atoms with Crippen LogP contribution in [0.25, 0.3) is 0 Å². The smallest absolute Gasteiger partial charge is 0.234 e. The largest absolute Gasteiger partial charge is 0.496 e. The van der Waals surface area contributed by atoms with Crippen LogP contribution in [0.4, 0.5) is 5.69 Å². The topological polar surface area (TPSA) is 56.2 Å². The van der Waals surface area contributed by atoms with Crippen molar-refractivity contribution in [3.8, 4) is 5.75 Å². The molecular formula is C20H21N3O2S. The van der Waals surface area contributed by atoms with E-state index in [1.165, 1.54) is 11.8 Å². The summed E-state index contributed by atoms with van der Waals surface area (Å²) in [5.41, 5.74) is 3.04. The Kier molecular flexibility index (Phi) is 5.96. The number of nitrogens with zero attached hydrogens (tertiary/aromatic N) is 2. The van der Waals surface area contributed by atoms with Gasteiger partial charge in [-0.3, -0.25) is 4.79 Å². The number of hydrogen-bond acceptors (Lipinski definition) is 4. The lowest BCUT2D eigenvalue weighted by Gasteiger charge is -2.11. The van der Waals surface area contributed by atoms with Crippen molar-refractivity contribution in [3.05, 3.63) is 72.1 Å². The zero-order chi connectivity index (χ0) is 18.4. The average molecular weight is 367 g/mol. The quantitative estimate of drug-likeness (QED) is 0.642. The van der Waals surface area contributed by atoms with Gasteiger partial charge < -0.3 is 14.6 Å². The molecule has 0 saturated carbocycles. The molecule has 1 N–H and O–H groups in total. The van der Waals surface area contributed by atoms with Crippen LogP contribution >= 0.6 is 11.8 Å². The maximum atomic E-state index is 12.2. The Labute approximate surface area is 157 Å². The fraction of sp³-hybridized carbons (Fsp3) is 0.200. The van der Waals surface area contributed by atoms with Gasteiger partial charge in [0.2, 0.25) is 5.91 Å². The number of anilines is 1. The van der Waals surface area contributed by atoms with E-state index in [1.807, 2.05) is 66.2 Å². The number of amides is 1. The zero-order valence-corrected chi connectivity index (χ0v) is 15.6. The number of aryl methyl sites for hydroxylation is 1. The standard InChI is InChI=1S/C20H21N3O2S/c1-15-7-9-17(10-8-15)22-19(24)14-26-20-21-11-12-23(20)13-16-5-3-4-6-18(16)25-2/h3-12H,13-14H2,1-2H3,(H,22,24). The fourth-order valence-corrected chi connectivity index (χ4v) is 3.30. The minimum absolute atomic E-state index is 0.0503. The van der Waals surface area contributed by atoms with Crippen LogP contribution in [0.2, 0.25) is 0 Å². The van der Waals surface area contributed by atoms with E-state index in [2.05, 4.69) is 10.3 Å². The molecule has 0 saturated heterocycles. The molecule has 0 aliphatic heterocycles. The monoisotopic (exact) mass is 367 g/mol. The lowest BCUT2D eigenvalue weighted by Crippen LogP contribution is -2.14. The van der Waals surface area contributed by atoms with Gasteiger partial charge in [0.05, 0.1) is 19.4 Å². The Morgan fingerprint density at radius 3 is 2.73 bits per heavy atom. The molecule has 5 nitrogen and oxygen atoms in total. The summed E-state index contributed by atoms with van der Waals surface area (Å²) in [5, 5.41) is 3.70. The van der Waals surface area contributed by atoms with E-state index >= 15 is 0 Å². The van der Waals surface area contributed by atoms with Crippen LogP contribution in [0.5, 0.6) is 5.75 Å². The first-order valence-electron chi connectivity index (χ1n) is 8.28. The Hall–Kier alpha value is -2.73. The second-order valence-corrected chi connectivity index (χ2v) is 6.79. The molecule has 0 atom stereocenters. The molecule has 1 amide bonds. The van der Waals surface area contributed by atoms with Crippen LogP contribution in [-0.4, -0.2) is 28.3 Å². The number of methoxy groups -OCH3 is 1. The molecule has 3 aromatic rings. The van der Waals surface area contributed by atoms with E-state index in [-0.39, 0.29) is 5.91 Å². The molecule has 0 spiro atoms. The number of imidazole rings is 1. The van der Waals surface area contributed by atoms with Gasteiger partial charge in [-0.15, -0.1) is 0 Å². The SMILES string of the molecule is COc1ccccc1Cn1ccnc1SCC(=O)Nc1ccc(C)cc1. The van der Waals surface area contributed by atoms with Crippen LogP contribution in [0.1, 0.15) is 11.1 Å². The van der Waals surface area contributed by atoms with Crippen LogP contribution in [-0.2, 0) is 11.3 Å². The molecule has 3 rings (SSSR count). The number of benzene rings is 2. The molecule has 26 heavy (non-hydrogen) atoms. The third kappa shape index (κ3) is 4.67. The lowest BCUT2D eigenvalue weighted by molar-refractivity contribution is -0.113. The zero-order valence-electron chi connectivity index (χ0n) is 14.8. The highest BCUT2D eigenvalue weighted by molar-refractivity contribution is 7.99. The number of aromatic nitrogens is 2. The van der Waals surface area contributed by atoms with E-state index in [4.69, 9.17) is 4.74 Å². The Bertz CT molecular complexity index is 875. The summed E-state index contributed by atoms with van der Waals surface area (Å²) in [7, 11) is 1.66. The van der Waals surface area contributed by atoms with Gasteiger partial charge in [0.1, 0.15) is 5.75 Å². The van der Waals surface area contributed by atoms with Crippen molar-refractivity contribution in [2.75, 3.05) is 18.2 Å². The number of hydrogen-bond donors (Lipinski definition) is 1. The van der Waals surface area contributed by atoms with E-state index in [9.17, 15) is 4.79 Å². The summed E-state index contributed by atoms with van der Waals surface area (Å²) in [6.07, 6.45) is 3.66. The fourth-order valence-electron chi connectivity index (χ4n) is 2.54. The van der Waals surface area contributed by atoms with Crippen molar-refractivity contribution >= 4 is 23.4 Å². The number of carbonyl (C=O) groups is 1. The van der Waals surface area contributed by atoms with Crippen molar-refractivity contribution in [2.45, 2.75) is 18.6 Å². The van der Waals surface area contributed by atoms with Gasteiger partial charge in [0, 0.05) is 23.6 Å². The molecule has 134 valence electrons. The number of thioether (sulfide) groups is 1. The number of nitrogens with one attached hydrogen (secondary N) is 1. The first kappa shape index (κ1) is 18.1. The van der Waals surface area contributed by atoms with Gasteiger partial charge in [-0.05, 0) is 25.1 Å². The number of rotatable bonds is 7. The highest BCUT2D eigenvalue weighted by atomic mass is 32.2. The first-order valence-corrected chi connectivity index (χ1v) is 9.26. The number of carbonyl (C=O) groups excluding carboxylic acids is 1. The molecule has 0 radical (unpaired) electrons. The highest BCUT2D eigenvalue weighted by Crippen LogP contribution is 2.22. The molecule has 0 aliphatic rings. The molecule has 0 unspecified atom stereocenters. The van der Waals surface area contributed by atoms with Gasteiger partial charge in [-0.1, -0.05) is 47.7 Å². The highest BCUT2D eigenvalue weighted by Gasteiger charge is 2.10. The molecule has 1 heterocycles. The maximum absolute atomic E-state index is 12.2. The lowest BCUT2D eigenvalue weighted by atomic mass is 10.2. The van der Waals surface area contributed by atoms with Crippen molar-refractivity contribution in [1.82, 2.24) is 9.55 Å². The summed E-state index contributed by atoms with van der Waals surface area (Å²) in [5.74, 6) is 1.09. The predicted octanol–water partition coefficient (Wildman–Crippen LogP) is 3.98. The van der Waals surface area contributed by atoms with Gasteiger partial charge in [0.15, 0.2) is 5.16 Å². The van der Waals surface area contributed by atoms with E-state index in [1.54, 1.807) is 13.3 Å². The van der Waals surface area contributed by atoms with Crippen LogP contribution in [0, 0.1) is 6.92 Å². The third-order valence-electron chi connectivity index (χ3n) is 3.88. The molecule has 1 aromatic heterocycles. The Morgan fingerprint density at radius 1 is 1.19 bits per heavy atom. The number of ether oxygens (including phenoxy) is 1. The molecule has 2 aromatic carbocycles. The second-order valence-electron chi connectivity index (χ2n) is 5.85. The van der Waals surface area contributed by atoms with E-state index in [0.29, 0.717) is 12.3 Å². The normalized spacial score (nSPS) is 10.5. The third-order valence-corrected chi connectivity index (χ3v) is 4.88. The second kappa shape index (κ2) is 8.58. The number of para-hydroxylation sites is 1. The summed E-state index contributed by atoms with van der Waals surface area (Å²) < 4.78 is 7.42. The first-order chi connectivity index (χ1) is 12.7. The van der Waals surface area contributed by atoms with Gasteiger partial charge >= 0.3 is 0 Å². The minimum Gasteiger partial charge on any atom is -0.496 e. The van der Waals surface area contributed by atoms with Crippen molar-refractivity contribution in [3.63, 3.8) is 0 Å². The van der Waals surface area contributed by atoms with Gasteiger partial charge in [-0.25, -0.2) is 4.98 Å². The Balaban J connectivity index is 1.60. The molecule has 0 bridgehead atoms. The van der Waals surface area contributed by atoms with Crippen LogP contribution in [0.15, 0.2) is 66.1 Å². The van der Waals surface area contributed by atoms with Crippen LogP contribution in [0.3, 0.4) is 0 Å². The molecule has 6 heteroatoms. The van der Waals surface area contributed by atoms with Gasteiger partial charge in [-0.2, -0.15) is 0 Å². The molecule has 0 aliphatic carbocycles. The van der Waals surface area contributed by atoms with Crippen LogP contribution < -0.4 is 10.1 Å². The molecular weight excluding hydrogens is 346 g/mol. The van der Waals surface area contributed by atoms with Crippen molar-refractivity contribution < 1.29 is 9.53 Å². The Morgan fingerprint density at radius 2 is 1.96 bits per heavy atom. The van der Waals surface area contributed by atoms with E-state index < -0.39 is 0 Å². The van der Waals surface area contributed by atoms with Crippen molar-refractivity contribution in [2.24, 2.45) is 0 Å². The minimum atomic E-state index is -0.0503. The maximum Gasteiger partial charge on any atom is 0.234 e. The summed E-state index contributed by atoms with van der Waals surface area (Å²) in [4.78, 5) is 16.5. The molecule has 0 fully saturated rings. The summed E-state index contributed by atoms with van der Waals surface area (Å²) >= 11 is 1.42. The summed E-state index contributed by atoms with van der Waals surface area (Å²) in [6, 6.07) is 15.6. The van der Waals surface area contributed by atoms with Crippen molar-refractivity contribution in [1.29, 1.82) is 0 Å². The predicted molar refractivity (Wildman–Crippen MR) is 105 cm³/mol. The van der Waals surface area contributed by atoms with Gasteiger partial charge in [0.25, 0.3) is 0 Å². The summed E-state index contributed by atoms with van der Waals surface area (Å²) in [6.45, 7) is 2.66. The average Bonchev–Trinajstić information content (AvgIpc) is 3.09.